The van der Waals surface area contributed by atoms with Crippen molar-refractivity contribution in [2.24, 2.45) is 0 Å². The summed E-state index contributed by atoms with van der Waals surface area (Å²) in [7, 11) is -3.08. The van der Waals surface area contributed by atoms with Crippen LogP contribution in [0.2, 0.25) is 0 Å². The number of sulfone groups is 1. The molecule has 0 saturated carbocycles. The minimum absolute atomic E-state index is 0. The Morgan fingerprint density at radius 2 is 2.25 bits per heavy atom. The van der Waals surface area contributed by atoms with Gasteiger partial charge in [-0.1, -0.05) is 0 Å². The van der Waals surface area contributed by atoms with E-state index in [1.807, 2.05) is 0 Å². The molecular formula is C9H13ClNO4S-. The van der Waals surface area contributed by atoms with E-state index >= 15 is 0 Å². The van der Waals surface area contributed by atoms with Crippen LogP contribution in [0.1, 0.15) is 5.76 Å². The highest BCUT2D eigenvalue weighted by molar-refractivity contribution is 7.91. The molecule has 92 valence electrons. The molecule has 0 aliphatic carbocycles. The molecule has 0 bridgehead atoms. The third-order valence-electron chi connectivity index (χ3n) is 2.44. The van der Waals surface area contributed by atoms with Gasteiger partial charge in [-0.3, -0.25) is 0 Å². The van der Waals surface area contributed by atoms with Crippen LogP contribution in [0, 0.1) is 0 Å². The summed E-state index contributed by atoms with van der Waals surface area (Å²) >= 11 is 0. The number of aliphatic hydroxyl groups is 1. The van der Waals surface area contributed by atoms with Crippen molar-refractivity contribution in [3.8, 4) is 0 Å². The zero-order chi connectivity index (χ0) is 10.9. The van der Waals surface area contributed by atoms with Crippen LogP contribution < -0.4 is 17.7 Å². The summed E-state index contributed by atoms with van der Waals surface area (Å²) in [5.41, 5.74) is 0. The van der Waals surface area contributed by atoms with Crippen LogP contribution in [0.3, 0.4) is 0 Å². The Morgan fingerprint density at radius 3 is 2.75 bits per heavy atom. The van der Waals surface area contributed by atoms with Crippen molar-refractivity contribution in [3.63, 3.8) is 0 Å². The lowest BCUT2D eigenvalue weighted by molar-refractivity contribution is -0.00000805. The molecular weight excluding hydrogens is 254 g/mol. The highest BCUT2D eigenvalue weighted by Crippen LogP contribution is 2.13. The van der Waals surface area contributed by atoms with E-state index in [2.05, 4.69) is 5.32 Å². The monoisotopic (exact) mass is 266 g/mol. The molecule has 2 unspecified atom stereocenters. The van der Waals surface area contributed by atoms with Crippen LogP contribution >= 0.6 is 0 Å². The van der Waals surface area contributed by atoms with E-state index < -0.39 is 15.9 Å². The lowest BCUT2D eigenvalue weighted by atomic mass is 10.2. The van der Waals surface area contributed by atoms with E-state index in [1.165, 1.54) is 0 Å². The molecule has 1 fully saturated rings. The second kappa shape index (κ2) is 5.18. The fourth-order valence-corrected chi connectivity index (χ4v) is 3.44. The van der Waals surface area contributed by atoms with Gasteiger partial charge < -0.3 is 27.2 Å². The first-order valence-electron chi connectivity index (χ1n) is 4.71. The van der Waals surface area contributed by atoms with E-state index in [9.17, 15) is 13.5 Å². The smallest absolute Gasteiger partial charge is 0.154 e. The maximum atomic E-state index is 11.2. The summed E-state index contributed by atoms with van der Waals surface area (Å²) in [6, 6.07) is 3.17. The maximum Gasteiger partial charge on any atom is 0.154 e. The second-order valence-corrected chi connectivity index (χ2v) is 5.86. The van der Waals surface area contributed by atoms with Gasteiger partial charge in [0.2, 0.25) is 0 Å². The van der Waals surface area contributed by atoms with Gasteiger partial charge in [-0.25, -0.2) is 8.42 Å². The average Bonchev–Trinajstić information content (AvgIpc) is 2.70. The minimum Gasteiger partial charge on any atom is -1.00 e. The van der Waals surface area contributed by atoms with Crippen LogP contribution in [-0.2, 0) is 16.4 Å². The van der Waals surface area contributed by atoms with E-state index in [4.69, 9.17) is 4.42 Å². The molecule has 2 N–H and O–H groups in total. The molecule has 1 saturated heterocycles. The zero-order valence-electron chi connectivity index (χ0n) is 8.47. The number of halogens is 1. The van der Waals surface area contributed by atoms with Crippen LogP contribution in [0.15, 0.2) is 22.8 Å². The first-order chi connectivity index (χ1) is 7.07. The van der Waals surface area contributed by atoms with Gasteiger partial charge in [0.1, 0.15) is 5.76 Å². The molecule has 1 aliphatic heterocycles. The number of rotatable bonds is 3. The van der Waals surface area contributed by atoms with Gasteiger partial charge in [0.05, 0.1) is 30.4 Å². The molecule has 1 aliphatic rings. The SMILES string of the molecule is O=S1(=O)CC(O)C(NCc2ccco2)C1.[Cl-]. The topological polar surface area (TPSA) is 79.5 Å². The molecule has 16 heavy (non-hydrogen) atoms. The summed E-state index contributed by atoms with van der Waals surface area (Å²) in [5, 5.41) is 12.4. The Morgan fingerprint density at radius 1 is 1.50 bits per heavy atom. The van der Waals surface area contributed by atoms with Gasteiger partial charge >= 0.3 is 0 Å². The molecule has 2 heterocycles. The highest BCUT2D eigenvalue weighted by Gasteiger charge is 2.35. The Hall–Kier alpha value is -0.560. The normalized spacial score (nSPS) is 27.6. The van der Waals surface area contributed by atoms with E-state index in [0.717, 1.165) is 5.76 Å². The fraction of sp³-hybridized carbons (Fsp3) is 0.556. The first kappa shape index (κ1) is 13.5. The summed E-state index contributed by atoms with van der Waals surface area (Å²) < 4.78 is 27.5. The van der Waals surface area contributed by atoms with Crippen LogP contribution in [0.5, 0.6) is 0 Å². The molecule has 0 amide bonds. The molecule has 1 aromatic heterocycles. The lowest BCUT2D eigenvalue weighted by Gasteiger charge is -2.13. The highest BCUT2D eigenvalue weighted by atomic mass is 35.5. The quantitative estimate of drug-likeness (QED) is 0.594. The molecule has 2 atom stereocenters. The lowest BCUT2D eigenvalue weighted by Crippen LogP contribution is -3.00. The number of hydrogen-bond donors (Lipinski definition) is 2. The van der Waals surface area contributed by atoms with Gasteiger partial charge in [0.15, 0.2) is 9.84 Å². The summed E-state index contributed by atoms with van der Waals surface area (Å²) in [4.78, 5) is 0. The molecule has 2 rings (SSSR count). The molecule has 5 nitrogen and oxygen atoms in total. The molecule has 0 aromatic carbocycles. The Labute approximate surface area is 100 Å². The van der Waals surface area contributed by atoms with Crippen molar-refractivity contribution in [2.75, 3.05) is 11.5 Å². The van der Waals surface area contributed by atoms with Crippen molar-refractivity contribution in [1.29, 1.82) is 0 Å². The summed E-state index contributed by atoms with van der Waals surface area (Å²) in [5.74, 6) is 0.573. The van der Waals surface area contributed by atoms with Gasteiger partial charge in [-0.15, -0.1) is 0 Å². The van der Waals surface area contributed by atoms with Crippen molar-refractivity contribution < 1.29 is 30.3 Å². The molecule has 0 spiro atoms. The van der Waals surface area contributed by atoms with Gasteiger partial charge in [-0.05, 0) is 12.1 Å². The zero-order valence-corrected chi connectivity index (χ0v) is 10.0. The van der Waals surface area contributed by atoms with E-state index in [0.29, 0.717) is 6.54 Å². The number of furan rings is 1. The predicted molar refractivity (Wildman–Crippen MR) is 54.0 cm³/mol. The van der Waals surface area contributed by atoms with Crippen molar-refractivity contribution in [1.82, 2.24) is 5.32 Å². The van der Waals surface area contributed by atoms with Crippen LogP contribution in [-0.4, -0.2) is 37.2 Å². The average molecular weight is 267 g/mol. The second-order valence-electron chi connectivity index (χ2n) is 3.71. The van der Waals surface area contributed by atoms with Crippen molar-refractivity contribution in [3.05, 3.63) is 24.2 Å². The largest absolute Gasteiger partial charge is 1.00 e. The Kier molecular flexibility index (Phi) is 4.37. The Balaban J connectivity index is 0.00000128. The van der Waals surface area contributed by atoms with E-state index in [-0.39, 0.29) is 30.0 Å². The van der Waals surface area contributed by atoms with E-state index in [1.54, 1.807) is 18.4 Å². The summed E-state index contributed by atoms with van der Waals surface area (Å²) in [6.45, 7) is 0.435. The van der Waals surface area contributed by atoms with Gasteiger partial charge in [0, 0.05) is 6.04 Å². The third-order valence-corrected chi connectivity index (χ3v) is 4.16. The van der Waals surface area contributed by atoms with Crippen LogP contribution in [0.25, 0.3) is 0 Å². The summed E-state index contributed by atoms with van der Waals surface area (Å²) in [6.07, 6.45) is 0.740. The fourth-order valence-electron chi connectivity index (χ4n) is 1.67. The number of aliphatic hydroxyl groups excluding tert-OH is 1. The first-order valence-corrected chi connectivity index (χ1v) is 6.53. The standard InChI is InChI=1S/C9H13NO4S.ClH/c11-9-6-15(12,13)5-8(9)10-4-7-2-1-3-14-7;/h1-3,8-11H,4-6H2;1H/p-1. The number of hydrogen-bond acceptors (Lipinski definition) is 5. The van der Waals surface area contributed by atoms with Gasteiger partial charge in [0.25, 0.3) is 0 Å². The van der Waals surface area contributed by atoms with Crippen molar-refractivity contribution in [2.45, 2.75) is 18.7 Å². The maximum absolute atomic E-state index is 11.2. The molecule has 1 aromatic rings. The van der Waals surface area contributed by atoms with Crippen LogP contribution in [0.4, 0.5) is 0 Å². The molecule has 7 heteroatoms. The number of nitrogens with one attached hydrogen (secondary N) is 1. The van der Waals surface area contributed by atoms with Gasteiger partial charge in [-0.2, -0.15) is 0 Å². The predicted octanol–water partition coefficient (Wildman–Crippen LogP) is -3.47. The minimum atomic E-state index is -3.08. The Bertz CT molecular complexity index is 417. The molecule has 0 radical (unpaired) electrons. The van der Waals surface area contributed by atoms with Crippen molar-refractivity contribution >= 4 is 9.84 Å². The third kappa shape index (κ3) is 3.21.